The number of aryl methyl sites for hydroxylation is 1. The van der Waals surface area contributed by atoms with Gasteiger partial charge in [0.2, 0.25) is 0 Å². The molecule has 82 valence electrons. The summed E-state index contributed by atoms with van der Waals surface area (Å²) in [6.45, 7) is 2.03. The number of hydrogen-bond acceptors (Lipinski definition) is 2. The van der Waals surface area contributed by atoms with Crippen LogP contribution in [0.5, 0.6) is 5.75 Å². The number of benzene rings is 1. The van der Waals surface area contributed by atoms with E-state index in [1.54, 1.807) is 7.11 Å². The third kappa shape index (κ3) is 2.00. The van der Waals surface area contributed by atoms with Crippen molar-refractivity contribution in [1.29, 1.82) is 0 Å². The van der Waals surface area contributed by atoms with E-state index >= 15 is 0 Å². The topological polar surface area (TPSA) is 35.2 Å². The minimum atomic E-state index is 0.193. The maximum atomic E-state index is 5.84. The predicted octanol–water partition coefficient (Wildman–Crippen LogP) is 2.07. The predicted molar refractivity (Wildman–Crippen MR) is 62.4 cm³/mol. The van der Waals surface area contributed by atoms with Gasteiger partial charge in [0.1, 0.15) is 5.75 Å². The van der Waals surface area contributed by atoms with Crippen LogP contribution in [0, 0.1) is 0 Å². The number of methoxy groups -OCH3 is 1. The Morgan fingerprint density at radius 1 is 1.40 bits per heavy atom. The molecule has 0 amide bonds. The molecule has 0 heterocycles. The molecule has 0 fully saturated rings. The normalized spacial score (nSPS) is 16.2. The molecular formula is C13H19NO. The molecule has 0 radical (unpaired) electrons. The molecule has 1 aliphatic rings. The van der Waals surface area contributed by atoms with E-state index in [2.05, 4.69) is 12.1 Å². The van der Waals surface area contributed by atoms with Crippen LogP contribution in [-0.4, -0.2) is 13.2 Å². The summed E-state index contributed by atoms with van der Waals surface area (Å²) in [7, 11) is 1.76. The van der Waals surface area contributed by atoms with Crippen LogP contribution in [0.15, 0.2) is 12.1 Å². The summed E-state index contributed by atoms with van der Waals surface area (Å²) < 4.78 is 5.53. The minimum Gasteiger partial charge on any atom is -0.496 e. The van der Waals surface area contributed by atoms with Gasteiger partial charge in [-0.05, 0) is 49.3 Å². The lowest BCUT2D eigenvalue weighted by atomic mass is 10.00. The molecule has 0 aliphatic heterocycles. The van der Waals surface area contributed by atoms with E-state index in [4.69, 9.17) is 10.5 Å². The van der Waals surface area contributed by atoms with Crippen LogP contribution >= 0.6 is 0 Å². The lowest BCUT2D eigenvalue weighted by molar-refractivity contribution is 0.404. The number of fused-ring (bicyclic) bond motifs is 1. The Morgan fingerprint density at radius 3 is 2.87 bits per heavy atom. The Bertz CT molecular complexity index is 358. The van der Waals surface area contributed by atoms with Crippen molar-refractivity contribution in [3.8, 4) is 5.75 Å². The largest absolute Gasteiger partial charge is 0.496 e. The van der Waals surface area contributed by atoms with Crippen molar-refractivity contribution in [2.24, 2.45) is 5.73 Å². The quantitative estimate of drug-likeness (QED) is 0.820. The van der Waals surface area contributed by atoms with E-state index in [1.165, 1.54) is 29.5 Å². The zero-order valence-corrected chi connectivity index (χ0v) is 9.55. The first kappa shape index (κ1) is 10.5. The highest BCUT2D eigenvalue weighted by Crippen LogP contribution is 2.34. The number of hydrogen-bond donors (Lipinski definition) is 1. The number of rotatable bonds is 3. The Balaban J connectivity index is 2.39. The fourth-order valence-electron chi connectivity index (χ4n) is 2.44. The van der Waals surface area contributed by atoms with E-state index in [-0.39, 0.29) is 6.04 Å². The summed E-state index contributed by atoms with van der Waals surface area (Å²) in [5, 5.41) is 0. The maximum absolute atomic E-state index is 5.84. The van der Waals surface area contributed by atoms with E-state index in [1.807, 2.05) is 6.92 Å². The van der Waals surface area contributed by atoms with Gasteiger partial charge in [0.05, 0.1) is 7.11 Å². The summed E-state index contributed by atoms with van der Waals surface area (Å²) in [4.78, 5) is 0. The van der Waals surface area contributed by atoms with Gasteiger partial charge >= 0.3 is 0 Å². The maximum Gasteiger partial charge on any atom is 0.125 e. The minimum absolute atomic E-state index is 0.193. The molecule has 0 aromatic heterocycles. The SMILES string of the molecule is COc1c(CC(C)N)ccc2c1CCC2. The fraction of sp³-hybridized carbons (Fsp3) is 0.538. The highest BCUT2D eigenvalue weighted by molar-refractivity contribution is 5.49. The lowest BCUT2D eigenvalue weighted by Crippen LogP contribution is -2.18. The second-order valence-corrected chi connectivity index (χ2v) is 4.43. The first-order valence-electron chi connectivity index (χ1n) is 5.65. The van der Waals surface area contributed by atoms with Crippen LogP contribution in [0.25, 0.3) is 0 Å². The molecule has 0 spiro atoms. The molecule has 1 aromatic rings. The van der Waals surface area contributed by atoms with Gasteiger partial charge in [-0.1, -0.05) is 12.1 Å². The summed E-state index contributed by atoms with van der Waals surface area (Å²) >= 11 is 0. The monoisotopic (exact) mass is 205 g/mol. The zero-order chi connectivity index (χ0) is 10.8. The van der Waals surface area contributed by atoms with Crippen molar-refractivity contribution in [3.05, 3.63) is 28.8 Å². The van der Waals surface area contributed by atoms with E-state index in [0.717, 1.165) is 18.6 Å². The van der Waals surface area contributed by atoms with Gasteiger partial charge < -0.3 is 10.5 Å². The first-order valence-corrected chi connectivity index (χ1v) is 5.65. The molecule has 0 saturated heterocycles. The Kier molecular flexibility index (Phi) is 2.96. The van der Waals surface area contributed by atoms with Gasteiger partial charge in [-0.25, -0.2) is 0 Å². The molecule has 1 aliphatic carbocycles. The first-order chi connectivity index (χ1) is 7.22. The molecule has 0 saturated carbocycles. The standard InChI is InChI=1S/C13H19NO/c1-9(14)8-11-7-6-10-4-3-5-12(10)13(11)15-2/h6-7,9H,3-5,8,14H2,1-2H3. The van der Waals surface area contributed by atoms with Crippen molar-refractivity contribution in [3.63, 3.8) is 0 Å². The molecule has 15 heavy (non-hydrogen) atoms. The van der Waals surface area contributed by atoms with Crippen LogP contribution in [0.1, 0.15) is 30.0 Å². The average Bonchev–Trinajstić information content (AvgIpc) is 2.64. The molecule has 2 nitrogen and oxygen atoms in total. The van der Waals surface area contributed by atoms with Crippen LogP contribution < -0.4 is 10.5 Å². The van der Waals surface area contributed by atoms with Crippen molar-refractivity contribution < 1.29 is 4.74 Å². The van der Waals surface area contributed by atoms with Crippen LogP contribution in [0.2, 0.25) is 0 Å². The molecule has 1 atom stereocenters. The fourth-order valence-corrected chi connectivity index (χ4v) is 2.44. The molecule has 2 heteroatoms. The highest BCUT2D eigenvalue weighted by atomic mass is 16.5. The smallest absolute Gasteiger partial charge is 0.125 e. The van der Waals surface area contributed by atoms with Gasteiger partial charge in [-0.3, -0.25) is 0 Å². The van der Waals surface area contributed by atoms with Gasteiger partial charge in [-0.15, -0.1) is 0 Å². The van der Waals surface area contributed by atoms with E-state index in [0.29, 0.717) is 0 Å². The highest BCUT2D eigenvalue weighted by Gasteiger charge is 2.18. The second kappa shape index (κ2) is 4.23. The Labute approximate surface area is 91.4 Å². The van der Waals surface area contributed by atoms with Crippen LogP contribution in [0.3, 0.4) is 0 Å². The molecule has 1 unspecified atom stereocenters. The number of nitrogens with two attached hydrogens (primary N) is 1. The van der Waals surface area contributed by atoms with Crippen LogP contribution in [0.4, 0.5) is 0 Å². The van der Waals surface area contributed by atoms with Crippen LogP contribution in [-0.2, 0) is 19.3 Å². The van der Waals surface area contributed by atoms with Gasteiger partial charge in [0.25, 0.3) is 0 Å². The summed E-state index contributed by atoms with van der Waals surface area (Å²) in [6.07, 6.45) is 4.51. The molecule has 0 bridgehead atoms. The number of ether oxygens (including phenoxy) is 1. The summed E-state index contributed by atoms with van der Waals surface area (Å²) in [5.74, 6) is 1.09. The molecule has 2 rings (SSSR count). The van der Waals surface area contributed by atoms with E-state index in [9.17, 15) is 0 Å². The molecule has 1 aromatic carbocycles. The Morgan fingerprint density at radius 2 is 2.20 bits per heavy atom. The van der Waals surface area contributed by atoms with Crippen molar-refractivity contribution in [2.45, 2.75) is 38.6 Å². The summed E-state index contributed by atoms with van der Waals surface area (Å²) in [5.41, 5.74) is 9.97. The average molecular weight is 205 g/mol. The van der Waals surface area contributed by atoms with Crippen molar-refractivity contribution in [1.82, 2.24) is 0 Å². The summed E-state index contributed by atoms with van der Waals surface area (Å²) in [6, 6.07) is 4.60. The second-order valence-electron chi connectivity index (χ2n) is 4.43. The van der Waals surface area contributed by atoms with Crippen molar-refractivity contribution in [2.75, 3.05) is 7.11 Å². The van der Waals surface area contributed by atoms with Gasteiger partial charge in [-0.2, -0.15) is 0 Å². The third-order valence-electron chi connectivity index (χ3n) is 3.06. The van der Waals surface area contributed by atoms with Gasteiger partial charge in [0.15, 0.2) is 0 Å². The molecule has 2 N–H and O–H groups in total. The Hall–Kier alpha value is -1.02. The zero-order valence-electron chi connectivity index (χ0n) is 9.55. The molecular weight excluding hydrogens is 186 g/mol. The third-order valence-corrected chi connectivity index (χ3v) is 3.06. The van der Waals surface area contributed by atoms with Gasteiger partial charge in [0, 0.05) is 6.04 Å². The lowest BCUT2D eigenvalue weighted by Gasteiger charge is -2.14. The van der Waals surface area contributed by atoms with E-state index < -0.39 is 0 Å². The van der Waals surface area contributed by atoms with Crippen molar-refractivity contribution >= 4 is 0 Å².